The van der Waals surface area contributed by atoms with E-state index in [2.05, 4.69) is 21.2 Å². The lowest BCUT2D eigenvalue weighted by atomic mass is 10.1. The van der Waals surface area contributed by atoms with E-state index in [1.54, 1.807) is 13.2 Å². The van der Waals surface area contributed by atoms with Crippen molar-refractivity contribution < 1.29 is 9.53 Å². The normalized spacial score (nSPS) is 16.3. The number of hydrogen-bond donors (Lipinski definition) is 1. The van der Waals surface area contributed by atoms with Crippen molar-refractivity contribution in [1.82, 2.24) is 10.2 Å². The van der Waals surface area contributed by atoms with E-state index < -0.39 is 0 Å². The highest BCUT2D eigenvalue weighted by atomic mass is 35.5. The Balaban J connectivity index is 1.83. The Morgan fingerprint density at radius 1 is 1.40 bits per heavy atom. The third-order valence-corrected chi connectivity index (χ3v) is 4.82. The number of anilines is 1. The van der Waals surface area contributed by atoms with Gasteiger partial charge in [-0.05, 0) is 31.5 Å². The summed E-state index contributed by atoms with van der Waals surface area (Å²) in [6.07, 6.45) is 0.822. The smallest absolute Gasteiger partial charge is 0.237 e. The van der Waals surface area contributed by atoms with Crippen molar-refractivity contribution >= 4 is 23.2 Å². The topological polar surface area (TPSA) is 68.6 Å². The van der Waals surface area contributed by atoms with Gasteiger partial charge in [0.05, 0.1) is 16.6 Å². The summed E-state index contributed by atoms with van der Waals surface area (Å²) < 4.78 is 4.98. The number of benzene rings is 1. The lowest BCUT2D eigenvalue weighted by Crippen LogP contribution is -2.54. The number of amides is 1. The molecule has 1 unspecified atom stereocenters. The number of hydrogen-bond acceptors (Lipinski definition) is 5. The summed E-state index contributed by atoms with van der Waals surface area (Å²) >= 11 is 6.12. The molecule has 136 valence electrons. The highest BCUT2D eigenvalue weighted by Gasteiger charge is 2.25. The average Bonchev–Trinajstić information content (AvgIpc) is 2.64. The second-order valence-electron chi connectivity index (χ2n) is 6.11. The minimum atomic E-state index is -0.144. The Morgan fingerprint density at radius 2 is 2.12 bits per heavy atom. The number of carbonyl (C=O) groups is 1. The summed E-state index contributed by atoms with van der Waals surface area (Å²) in [7, 11) is 1.66. The molecule has 1 aromatic rings. The van der Waals surface area contributed by atoms with Gasteiger partial charge in [0.1, 0.15) is 6.07 Å². The molecule has 0 aliphatic carbocycles. The molecule has 1 aromatic carbocycles. The number of methoxy groups -OCH3 is 1. The van der Waals surface area contributed by atoms with Crippen molar-refractivity contribution in [1.29, 1.82) is 5.26 Å². The molecule has 0 aromatic heterocycles. The molecule has 1 saturated heterocycles. The van der Waals surface area contributed by atoms with Gasteiger partial charge < -0.3 is 15.0 Å². The van der Waals surface area contributed by atoms with Crippen LogP contribution in [0.3, 0.4) is 0 Å². The zero-order chi connectivity index (χ0) is 18.2. The number of carbonyl (C=O) groups excluding carboxylic acids is 1. The van der Waals surface area contributed by atoms with Crippen LogP contribution < -0.4 is 10.2 Å². The number of nitrogens with zero attached hydrogens (tertiary/aromatic N) is 3. The van der Waals surface area contributed by atoms with Crippen LogP contribution in [0.5, 0.6) is 0 Å². The van der Waals surface area contributed by atoms with E-state index in [1.807, 2.05) is 19.1 Å². The van der Waals surface area contributed by atoms with Crippen molar-refractivity contribution in [3.05, 3.63) is 28.8 Å². The van der Waals surface area contributed by atoms with Gasteiger partial charge in [0.15, 0.2) is 0 Å². The highest BCUT2D eigenvalue weighted by molar-refractivity contribution is 6.32. The van der Waals surface area contributed by atoms with E-state index in [9.17, 15) is 4.79 Å². The fourth-order valence-electron chi connectivity index (χ4n) is 2.90. The molecule has 1 aliphatic rings. The van der Waals surface area contributed by atoms with Crippen LogP contribution in [0, 0.1) is 11.3 Å². The Hall–Kier alpha value is -1.81. The van der Waals surface area contributed by atoms with Gasteiger partial charge in [0, 0.05) is 52.1 Å². The third-order valence-electron chi connectivity index (χ3n) is 4.50. The Morgan fingerprint density at radius 3 is 2.72 bits per heavy atom. The van der Waals surface area contributed by atoms with Crippen LogP contribution in [-0.2, 0) is 9.53 Å². The van der Waals surface area contributed by atoms with Crippen molar-refractivity contribution in [3.8, 4) is 6.07 Å². The quantitative estimate of drug-likeness (QED) is 0.748. The number of nitrogens with one attached hydrogen (secondary N) is 1. The highest BCUT2D eigenvalue weighted by Crippen LogP contribution is 2.24. The Labute approximate surface area is 154 Å². The molecular weight excluding hydrogens is 340 g/mol. The molecule has 1 aliphatic heterocycles. The lowest BCUT2D eigenvalue weighted by Gasteiger charge is -2.38. The molecule has 6 nitrogen and oxygen atoms in total. The first-order chi connectivity index (χ1) is 12.1. The van der Waals surface area contributed by atoms with Crippen LogP contribution in [0.4, 0.5) is 5.69 Å². The lowest BCUT2D eigenvalue weighted by molar-refractivity contribution is -0.126. The minimum Gasteiger partial charge on any atom is -0.385 e. The summed E-state index contributed by atoms with van der Waals surface area (Å²) in [4.78, 5) is 16.6. The van der Waals surface area contributed by atoms with Crippen molar-refractivity contribution in [2.24, 2.45) is 0 Å². The summed E-state index contributed by atoms with van der Waals surface area (Å²) in [5.74, 6) is 0.0611. The second-order valence-corrected chi connectivity index (χ2v) is 6.52. The predicted molar refractivity (Wildman–Crippen MR) is 98.9 cm³/mol. The van der Waals surface area contributed by atoms with E-state index in [0.29, 0.717) is 23.7 Å². The van der Waals surface area contributed by atoms with Gasteiger partial charge in [-0.1, -0.05) is 11.6 Å². The Bertz CT molecular complexity index is 624. The summed E-state index contributed by atoms with van der Waals surface area (Å²) in [5, 5.41) is 12.4. The van der Waals surface area contributed by atoms with Gasteiger partial charge in [0.2, 0.25) is 5.91 Å². The van der Waals surface area contributed by atoms with E-state index in [4.69, 9.17) is 21.6 Å². The van der Waals surface area contributed by atoms with Crippen molar-refractivity contribution in [3.63, 3.8) is 0 Å². The molecule has 0 spiro atoms. The molecule has 2 rings (SSSR count). The number of piperazine rings is 1. The maximum atomic E-state index is 12.2. The largest absolute Gasteiger partial charge is 0.385 e. The molecule has 7 heteroatoms. The molecule has 25 heavy (non-hydrogen) atoms. The first-order valence-corrected chi connectivity index (χ1v) is 8.90. The van der Waals surface area contributed by atoms with Gasteiger partial charge in [-0.25, -0.2) is 0 Å². The van der Waals surface area contributed by atoms with Gasteiger partial charge in [-0.2, -0.15) is 5.26 Å². The number of halogens is 1. The van der Waals surface area contributed by atoms with Gasteiger partial charge in [-0.15, -0.1) is 0 Å². The number of nitriles is 1. The first kappa shape index (κ1) is 19.5. The second kappa shape index (κ2) is 9.62. The van der Waals surface area contributed by atoms with Crippen LogP contribution in [-0.4, -0.2) is 63.3 Å². The molecule has 1 heterocycles. The molecule has 1 amide bonds. The van der Waals surface area contributed by atoms with E-state index in [1.165, 1.54) is 0 Å². The Kier molecular flexibility index (Phi) is 7.51. The minimum absolute atomic E-state index is 0.0611. The molecule has 1 fully saturated rings. The van der Waals surface area contributed by atoms with Crippen LogP contribution in [0.2, 0.25) is 5.02 Å². The predicted octanol–water partition coefficient (Wildman–Crippen LogP) is 1.87. The molecule has 0 saturated carbocycles. The summed E-state index contributed by atoms with van der Waals surface area (Å²) in [5.41, 5.74) is 1.50. The molecule has 0 radical (unpaired) electrons. The van der Waals surface area contributed by atoms with Gasteiger partial charge in [0.25, 0.3) is 0 Å². The average molecular weight is 365 g/mol. The molecule has 1 atom stereocenters. The fourth-order valence-corrected chi connectivity index (χ4v) is 3.12. The number of ether oxygens (including phenoxy) is 1. The molecule has 1 N–H and O–H groups in total. The third kappa shape index (κ3) is 5.33. The number of rotatable bonds is 7. The first-order valence-electron chi connectivity index (χ1n) is 8.52. The van der Waals surface area contributed by atoms with Crippen molar-refractivity contribution in [2.75, 3.05) is 51.3 Å². The van der Waals surface area contributed by atoms with E-state index >= 15 is 0 Å². The zero-order valence-electron chi connectivity index (χ0n) is 14.8. The zero-order valence-corrected chi connectivity index (χ0v) is 15.6. The van der Waals surface area contributed by atoms with Crippen molar-refractivity contribution in [2.45, 2.75) is 19.4 Å². The molecular formula is C18H25ClN4O2. The summed E-state index contributed by atoms with van der Waals surface area (Å²) in [6, 6.07) is 7.44. The molecule has 0 bridgehead atoms. The van der Waals surface area contributed by atoms with E-state index in [0.717, 1.165) is 38.3 Å². The monoisotopic (exact) mass is 364 g/mol. The SMILES string of the molecule is COCCCNC(=O)C(C)N1CCN(c2ccc(C#N)c(Cl)c2)CC1. The summed E-state index contributed by atoms with van der Waals surface area (Å²) in [6.45, 7) is 6.50. The van der Waals surface area contributed by atoms with Crippen LogP contribution in [0.25, 0.3) is 0 Å². The van der Waals surface area contributed by atoms with Gasteiger partial charge >= 0.3 is 0 Å². The standard InChI is InChI=1S/C18H25ClN4O2/c1-14(18(24)21-6-3-11-25-2)22-7-9-23(10-8-22)16-5-4-15(13-20)17(19)12-16/h4-5,12,14H,3,6-11H2,1-2H3,(H,21,24). The maximum absolute atomic E-state index is 12.2. The van der Waals surface area contributed by atoms with Crippen LogP contribution >= 0.6 is 11.6 Å². The fraction of sp³-hybridized carbons (Fsp3) is 0.556. The van der Waals surface area contributed by atoms with E-state index in [-0.39, 0.29) is 11.9 Å². The van der Waals surface area contributed by atoms with Gasteiger partial charge in [-0.3, -0.25) is 9.69 Å². The maximum Gasteiger partial charge on any atom is 0.237 e. The van der Waals surface area contributed by atoms with Crippen LogP contribution in [0.1, 0.15) is 18.9 Å². The van der Waals surface area contributed by atoms with Crippen LogP contribution in [0.15, 0.2) is 18.2 Å².